The van der Waals surface area contributed by atoms with E-state index in [4.69, 9.17) is 28.4 Å². The Kier molecular flexibility index (Phi) is 12.3. The van der Waals surface area contributed by atoms with E-state index in [0.29, 0.717) is 0 Å². The van der Waals surface area contributed by atoms with Crippen LogP contribution in [0.3, 0.4) is 0 Å². The van der Waals surface area contributed by atoms with E-state index in [1.165, 1.54) is 0 Å². The zero-order chi connectivity index (χ0) is 45.0. The second-order valence-corrected chi connectivity index (χ2v) is 13.2. The highest BCUT2D eigenvalue weighted by Crippen LogP contribution is 2.36. The summed E-state index contributed by atoms with van der Waals surface area (Å²) in [6.45, 7) is -1.01. The SMILES string of the molecule is O=C(OC[C@H]1OC(OC(=O)c2ccc(O)c(O)c2)[C@H](OC(=O)c2ccc(O)c(O)c2)[C@@H](OC(=O)c2ccc(O)c(O)c2)[C@@H]1OC(=O)c1ccc(O)c(O)c1)c1ccc(O)c(O)c1. The molecule has 0 aliphatic carbocycles. The lowest BCUT2D eigenvalue weighted by Crippen LogP contribution is -2.63. The maximum Gasteiger partial charge on any atom is 0.340 e. The number of phenols is 10. The summed E-state index contributed by atoms with van der Waals surface area (Å²) in [7, 11) is 0. The number of carbonyl (C=O) groups excluding carboxylic acids is 5. The normalized spacial score (nSPS) is 18.2. The van der Waals surface area contributed by atoms with Crippen molar-refractivity contribution in [3.05, 3.63) is 119 Å². The maximum absolute atomic E-state index is 13.8. The van der Waals surface area contributed by atoms with Crippen LogP contribution in [-0.2, 0) is 28.4 Å². The summed E-state index contributed by atoms with van der Waals surface area (Å²) in [5, 5.41) is 99.5. The van der Waals surface area contributed by atoms with E-state index in [9.17, 15) is 75.0 Å². The molecule has 0 amide bonds. The molecule has 21 nitrogen and oxygen atoms in total. The molecule has 1 saturated heterocycles. The van der Waals surface area contributed by atoms with Gasteiger partial charge in [-0.2, -0.15) is 0 Å². The Hall–Kier alpha value is -8.59. The van der Waals surface area contributed by atoms with Gasteiger partial charge in [-0.05, 0) is 91.0 Å². The van der Waals surface area contributed by atoms with E-state index in [1.54, 1.807) is 0 Å². The molecule has 322 valence electrons. The van der Waals surface area contributed by atoms with Crippen molar-refractivity contribution >= 4 is 29.8 Å². The third-order valence-corrected chi connectivity index (χ3v) is 8.98. The molecule has 1 aliphatic heterocycles. The van der Waals surface area contributed by atoms with Crippen LogP contribution in [-0.4, -0.2) is 118 Å². The summed E-state index contributed by atoms with van der Waals surface area (Å²) in [5.41, 5.74) is -2.17. The molecule has 1 aliphatic rings. The molecule has 0 aromatic heterocycles. The van der Waals surface area contributed by atoms with Gasteiger partial charge in [0.15, 0.2) is 69.7 Å². The Bertz CT molecular complexity index is 2570. The minimum atomic E-state index is -2.27. The van der Waals surface area contributed by atoms with Crippen molar-refractivity contribution < 1.29 is 103 Å². The fourth-order valence-corrected chi connectivity index (χ4v) is 5.75. The number of carbonyl (C=O) groups is 5. The second kappa shape index (κ2) is 17.7. The van der Waals surface area contributed by atoms with Gasteiger partial charge in [0, 0.05) is 0 Å². The van der Waals surface area contributed by atoms with Gasteiger partial charge in [0.05, 0.1) is 27.8 Å². The lowest BCUT2D eigenvalue weighted by molar-refractivity contribution is -0.282. The number of benzene rings is 5. The molecule has 10 N–H and O–H groups in total. The number of hydrogen-bond donors (Lipinski definition) is 10. The van der Waals surface area contributed by atoms with Crippen LogP contribution >= 0.6 is 0 Å². The minimum absolute atomic E-state index is 0.335. The van der Waals surface area contributed by atoms with Gasteiger partial charge >= 0.3 is 29.8 Å². The smallest absolute Gasteiger partial charge is 0.340 e. The Morgan fingerprint density at radius 2 is 0.661 bits per heavy atom. The Labute approximate surface area is 346 Å². The van der Waals surface area contributed by atoms with Gasteiger partial charge < -0.3 is 79.5 Å². The van der Waals surface area contributed by atoms with Crippen LogP contribution in [0.1, 0.15) is 51.8 Å². The monoisotopic (exact) mass is 860 g/mol. The van der Waals surface area contributed by atoms with Gasteiger partial charge in [0.1, 0.15) is 12.7 Å². The quantitative estimate of drug-likeness (QED) is 0.0518. The lowest BCUT2D eigenvalue weighted by Gasteiger charge is -2.43. The molecule has 5 atom stereocenters. The summed E-state index contributed by atoms with van der Waals surface area (Å²) >= 11 is 0. The Morgan fingerprint density at radius 1 is 0.371 bits per heavy atom. The highest BCUT2D eigenvalue weighted by molar-refractivity contribution is 5.93. The van der Waals surface area contributed by atoms with Gasteiger partial charge in [-0.1, -0.05) is 0 Å². The van der Waals surface area contributed by atoms with Crippen molar-refractivity contribution in [2.45, 2.75) is 30.7 Å². The van der Waals surface area contributed by atoms with E-state index < -0.39 is 147 Å². The second-order valence-electron chi connectivity index (χ2n) is 13.2. The van der Waals surface area contributed by atoms with E-state index in [2.05, 4.69) is 0 Å². The largest absolute Gasteiger partial charge is 0.504 e. The van der Waals surface area contributed by atoms with E-state index in [0.717, 1.165) is 91.0 Å². The van der Waals surface area contributed by atoms with Crippen molar-refractivity contribution in [3.63, 3.8) is 0 Å². The van der Waals surface area contributed by atoms with Crippen molar-refractivity contribution in [2.75, 3.05) is 6.61 Å². The molecule has 0 saturated carbocycles. The highest BCUT2D eigenvalue weighted by Gasteiger charge is 2.55. The zero-order valence-electron chi connectivity index (χ0n) is 31.2. The average molecular weight is 861 g/mol. The molecule has 0 spiro atoms. The van der Waals surface area contributed by atoms with Crippen LogP contribution in [0, 0.1) is 0 Å². The van der Waals surface area contributed by atoms with Crippen LogP contribution in [0.2, 0.25) is 0 Å². The Morgan fingerprint density at radius 3 is 1.00 bits per heavy atom. The minimum Gasteiger partial charge on any atom is -0.504 e. The molecule has 5 aromatic carbocycles. The van der Waals surface area contributed by atoms with Gasteiger partial charge in [-0.25, -0.2) is 24.0 Å². The van der Waals surface area contributed by atoms with Crippen molar-refractivity contribution in [1.82, 2.24) is 0 Å². The molecule has 1 unspecified atom stereocenters. The number of phenolic OH excluding ortho intramolecular Hbond substituents is 10. The molecule has 1 fully saturated rings. The fraction of sp³-hybridized carbons (Fsp3) is 0.146. The maximum atomic E-state index is 13.8. The van der Waals surface area contributed by atoms with Crippen molar-refractivity contribution in [3.8, 4) is 57.5 Å². The summed E-state index contributed by atoms with van der Waals surface area (Å²) in [6, 6.07) is 13.5. The van der Waals surface area contributed by atoms with Crippen molar-refractivity contribution in [1.29, 1.82) is 0 Å². The number of ether oxygens (including phenoxy) is 6. The number of aromatic hydroxyl groups is 10. The number of esters is 5. The van der Waals surface area contributed by atoms with Gasteiger partial charge in [0.2, 0.25) is 12.4 Å². The van der Waals surface area contributed by atoms with E-state index >= 15 is 0 Å². The predicted octanol–water partition coefficient (Wildman–Crippen LogP) is 3.16. The predicted molar refractivity (Wildman–Crippen MR) is 201 cm³/mol. The first kappa shape index (κ1) is 43.0. The summed E-state index contributed by atoms with van der Waals surface area (Å²) < 4.78 is 34.0. The zero-order valence-corrected chi connectivity index (χ0v) is 31.2. The Balaban J connectivity index is 1.48. The standard InChI is InChI=1S/C41H32O21/c42-22-6-1-17(11-27(22)47)36(52)57-16-32-33(59-37(53)18-2-7-23(43)28(48)12-18)34(60-38(54)19-3-8-24(44)29(49)13-19)35(61-39(55)20-4-9-25(45)30(50)14-20)41(58-32)62-40(56)21-5-10-26(46)31(51)15-21/h1-15,32-35,41-51H,16H2/t32-,33-,34+,35-,41?/m1/s1. The molecule has 0 radical (unpaired) electrons. The third-order valence-electron chi connectivity index (χ3n) is 8.98. The molecule has 6 rings (SSSR count). The van der Waals surface area contributed by atoms with Crippen LogP contribution < -0.4 is 0 Å². The summed E-state index contributed by atoms with van der Waals surface area (Å²) in [6.07, 6.45) is -10.7. The third kappa shape index (κ3) is 9.48. The van der Waals surface area contributed by atoms with Crippen LogP contribution in [0.25, 0.3) is 0 Å². The molecule has 62 heavy (non-hydrogen) atoms. The fourth-order valence-electron chi connectivity index (χ4n) is 5.75. The number of rotatable bonds is 11. The summed E-state index contributed by atoms with van der Waals surface area (Å²) in [4.78, 5) is 68.1. The van der Waals surface area contributed by atoms with Gasteiger partial charge in [-0.15, -0.1) is 0 Å². The van der Waals surface area contributed by atoms with Crippen molar-refractivity contribution in [2.24, 2.45) is 0 Å². The highest BCUT2D eigenvalue weighted by atomic mass is 16.7. The van der Waals surface area contributed by atoms with Crippen LogP contribution in [0.15, 0.2) is 91.0 Å². The van der Waals surface area contributed by atoms with Gasteiger partial charge in [-0.3, -0.25) is 0 Å². The molecule has 0 bridgehead atoms. The van der Waals surface area contributed by atoms with Crippen LogP contribution in [0.5, 0.6) is 57.5 Å². The molecule has 5 aromatic rings. The first-order chi connectivity index (χ1) is 29.4. The van der Waals surface area contributed by atoms with Gasteiger partial charge in [0.25, 0.3) is 0 Å². The topological polar surface area (TPSA) is 343 Å². The van der Waals surface area contributed by atoms with E-state index in [1.807, 2.05) is 0 Å². The van der Waals surface area contributed by atoms with Crippen LogP contribution in [0.4, 0.5) is 0 Å². The molecule has 1 heterocycles. The molecule has 21 heteroatoms. The lowest BCUT2D eigenvalue weighted by atomic mass is 9.97. The first-order valence-electron chi connectivity index (χ1n) is 17.7. The van der Waals surface area contributed by atoms with E-state index in [-0.39, 0.29) is 5.56 Å². The summed E-state index contributed by atoms with van der Waals surface area (Å²) in [5.74, 6) is -13.7. The number of hydrogen-bond acceptors (Lipinski definition) is 21. The first-order valence-corrected chi connectivity index (χ1v) is 17.7. The molecular formula is C41H32O21. The average Bonchev–Trinajstić information content (AvgIpc) is 3.23. The molecular weight excluding hydrogens is 828 g/mol.